The van der Waals surface area contributed by atoms with Crippen molar-refractivity contribution < 1.29 is 18.0 Å². The summed E-state index contributed by atoms with van der Waals surface area (Å²) in [4.78, 5) is 11.5. The molecule has 0 aliphatic carbocycles. The van der Waals surface area contributed by atoms with E-state index in [-0.39, 0.29) is 4.99 Å². The van der Waals surface area contributed by atoms with Crippen molar-refractivity contribution in [2.45, 2.75) is 19.0 Å². The number of nitrogens with one attached hydrogen (secondary N) is 1. The number of carbonyl (C=O) groups excluding carboxylic acids is 1. The monoisotopic (exact) mass is 354 g/mol. The van der Waals surface area contributed by atoms with Crippen molar-refractivity contribution in [1.82, 2.24) is 0 Å². The fraction of sp³-hybridized carbons (Fsp3) is 0.273. The second-order valence-corrected chi connectivity index (χ2v) is 5.02. The lowest BCUT2D eigenvalue weighted by Gasteiger charge is -2.10. The number of halogens is 4. The zero-order chi connectivity index (χ0) is 14.6. The molecule has 0 bridgehead atoms. The Balaban J connectivity index is 2.67. The zero-order valence-electron chi connectivity index (χ0n) is 9.55. The molecule has 0 aromatic heterocycles. The summed E-state index contributed by atoms with van der Waals surface area (Å²) < 4.78 is 36.4. The molecule has 0 fully saturated rings. The smallest absolute Gasteiger partial charge is 0.389 e. The third-order valence-corrected chi connectivity index (χ3v) is 3.06. The summed E-state index contributed by atoms with van der Waals surface area (Å²) in [6, 6.07) is 4.68. The lowest BCUT2D eigenvalue weighted by molar-refractivity contribution is -0.142. The van der Waals surface area contributed by atoms with Crippen LogP contribution in [0, 0.1) is 0 Å². The molecule has 0 aliphatic rings. The van der Waals surface area contributed by atoms with Gasteiger partial charge in [-0.05, 0) is 34.1 Å². The average Bonchev–Trinajstić information content (AvgIpc) is 2.28. The highest BCUT2D eigenvalue weighted by molar-refractivity contribution is 9.10. The van der Waals surface area contributed by atoms with Crippen LogP contribution in [0.15, 0.2) is 22.7 Å². The van der Waals surface area contributed by atoms with E-state index < -0.39 is 24.9 Å². The molecule has 0 saturated heterocycles. The molecule has 8 heteroatoms. The van der Waals surface area contributed by atoms with E-state index in [2.05, 4.69) is 21.2 Å². The molecule has 1 aromatic carbocycles. The SMILES string of the molecule is NC(=S)c1ccc(NC(=O)CCC(F)(F)F)c(Br)c1. The Morgan fingerprint density at radius 1 is 1.42 bits per heavy atom. The van der Waals surface area contributed by atoms with Crippen LogP contribution in [0.5, 0.6) is 0 Å². The Labute approximate surface area is 121 Å². The number of carbonyl (C=O) groups is 1. The first kappa shape index (κ1) is 15.9. The quantitative estimate of drug-likeness (QED) is 0.815. The highest BCUT2D eigenvalue weighted by atomic mass is 79.9. The number of alkyl halides is 3. The molecule has 0 heterocycles. The van der Waals surface area contributed by atoms with Crippen LogP contribution in [0.4, 0.5) is 18.9 Å². The maximum atomic E-state index is 12.0. The molecule has 0 unspecified atom stereocenters. The Hall–Kier alpha value is -1.15. The number of hydrogen-bond acceptors (Lipinski definition) is 2. The molecule has 0 atom stereocenters. The van der Waals surface area contributed by atoms with E-state index in [9.17, 15) is 18.0 Å². The molecule has 0 spiro atoms. The third kappa shape index (κ3) is 5.56. The molecule has 19 heavy (non-hydrogen) atoms. The Kier molecular flexibility index (Phi) is 5.30. The lowest BCUT2D eigenvalue weighted by atomic mass is 10.2. The van der Waals surface area contributed by atoms with Crippen LogP contribution in [-0.4, -0.2) is 17.1 Å². The van der Waals surface area contributed by atoms with Crippen LogP contribution < -0.4 is 11.1 Å². The molecule has 0 saturated carbocycles. The van der Waals surface area contributed by atoms with E-state index in [1.54, 1.807) is 12.1 Å². The fourth-order valence-electron chi connectivity index (χ4n) is 1.24. The summed E-state index contributed by atoms with van der Waals surface area (Å²) in [7, 11) is 0. The van der Waals surface area contributed by atoms with Crippen LogP contribution in [-0.2, 0) is 4.79 Å². The van der Waals surface area contributed by atoms with Gasteiger partial charge in [-0.3, -0.25) is 4.79 Å². The molecular formula is C11H10BrF3N2OS. The van der Waals surface area contributed by atoms with Gasteiger partial charge < -0.3 is 11.1 Å². The average molecular weight is 355 g/mol. The second kappa shape index (κ2) is 6.33. The first-order valence-electron chi connectivity index (χ1n) is 5.15. The van der Waals surface area contributed by atoms with Gasteiger partial charge >= 0.3 is 6.18 Å². The van der Waals surface area contributed by atoms with Gasteiger partial charge in [-0.1, -0.05) is 12.2 Å². The minimum absolute atomic E-state index is 0.190. The van der Waals surface area contributed by atoms with Crippen molar-refractivity contribution in [3.63, 3.8) is 0 Å². The number of hydrogen-bond donors (Lipinski definition) is 2. The van der Waals surface area contributed by atoms with E-state index in [0.717, 1.165) is 0 Å². The van der Waals surface area contributed by atoms with Gasteiger partial charge in [0.15, 0.2) is 0 Å². The Bertz CT molecular complexity index is 505. The summed E-state index contributed by atoms with van der Waals surface area (Å²) in [6.45, 7) is 0. The van der Waals surface area contributed by atoms with Crippen molar-refractivity contribution in [3.8, 4) is 0 Å². The van der Waals surface area contributed by atoms with Crippen LogP contribution in [0.1, 0.15) is 18.4 Å². The maximum Gasteiger partial charge on any atom is 0.389 e. The highest BCUT2D eigenvalue weighted by Gasteiger charge is 2.27. The molecule has 0 aliphatic heterocycles. The molecule has 0 radical (unpaired) electrons. The number of rotatable bonds is 4. The summed E-state index contributed by atoms with van der Waals surface area (Å²) in [5, 5.41) is 2.38. The van der Waals surface area contributed by atoms with E-state index in [1.807, 2.05) is 0 Å². The third-order valence-electron chi connectivity index (χ3n) is 2.16. The highest BCUT2D eigenvalue weighted by Crippen LogP contribution is 2.25. The predicted octanol–water partition coefficient (Wildman–Crippen LogP) is 3.36. The van der Waals surface area contributed by atoms with Crippen LogP contribution in [0.25, 0.3) is 0 Å². The van der Waals surface area contributed by atoms with Crippen LogP contribution >= 0.6 is 28.1 Å². The molecule has 1 aromatic rings. The Morgan fingerprint density at radius 3 is 2.53 bits per heavy atom. The van der Waals surface area contributed by atoms with E-state index in [1.165, 1.54) is 6.07 Å². The summed E-state index contributed by atoms with van der Waals surface area (Å²) in [5.74, 6) is -0.707. The van der Waals surface area contributed by atoms with E-state index in [0.29, 0.717) is 15.7 Å². The number of anilines is 1. The molecule has 1 rings (SSSR count). The molecule has 1 amide bonds. The van der Waals surface area contributed by atoms with Gasteiger partial charge in [-0.25, -0.2) is 0 Å². The van der Waals surface area contributed by atoms with Gasteiger partial charge in [0.25, 0.3) is 0 Å². The fourth-order valence-corrected chi connectivity index (χ4v) is 1.84. The van der Waals surface area contributed by atoms with E-state index in [4.69, 9.17) is 18.0 Å². The minimum atomic E-state index is -4.34. The van der Waals surface area contributed by atoms with Crippen molar-refractivity contribution in [1.29, 1.82) is 0 Å². The topological polar surface area (TPSA) is 55.1 Å². The van der Waals surface area contributed by atoms with E-state index >= 15 is 0 Å². The van der Waals surface area contributed by atoms with Crippen molar-refractivity contribution in [2.24, 2.45) is 5.73 Å². The lowest BCUT2D eigenvalue weighted by Crippen LogP contribution is -2.17. The van der Waals surface area contributed by atoms with Gasteiger partial charge in [0.1, 0.15) is 4.99 Å². The van der Waals surface area contributed by atoms with Crippen molar-refractivity contribution in [3.05, 3.63) is 28.2 Å². The summed E-state index contributed by atoms with van der Waals surface area (Å²) in [5.41, 5.74) is 6.39. The summed E-state index contributed by atoms with van der Waals surface area (Å²) >= 11 is 7.96. The molecule has 3 N–H and O–H groups in total. The minimum Gasteiger partial charge on any atom is -0.389 e. The van der Waals surface area contributed by atoms with Crippen molar-refractivity contribution in [2.75, 3.05) is 5.32 Å². The largest absolute Gasteiger partial charge is 0.389 e. The van der Waals surface area contributed by atoms with Gasteiger partial charge in [-0.2, -0.15) is 13.2 Å². The maximum absolute atomic E-state index is 12.0. The zero-order valence-corrected chi connectivity index (χ0v) is 12.0. The molecular weight excluding hydrogens is 345 g/mol. The normalized spacial score (nSPS) is 11.2. The predicted molar refractivity (Wildman–Crippen MR) is 73.9 cm³/mol. The molecule has 3 nitrogen and oxygen atoms in total. The van der Waals surface area contributed by atoms with Gasteiger partial charge in [0, 0.05) is 16.5 Å². The number of benzene rings is 1. The van der Waals surface area contributed by atoms with Gasteiger partial charge in [0.2, 0.25) is 5.91 Å². The molecule has 104 valence electrons. The number of nitrogens with two attached hydrogens (primary N) is 1. The second-order valence-electron chi connectivity index (χ2n) is 3.72. The van der Waals surface area contributed by atoms with Crippen LogP contribution in [0.2, 0.25) is 0 Å². The first-order chi connectivity index (χ1) is 8.69. The standard InChI is InChI=1S/C11H10BrF3N2OS/c12-7-5-6(10(16)19)1-2-8(7)17-9(18)3-4-11(13,14)15/h1-2,5H,3-4H2,(H2,16,19)(H,17,18). The van der Waals surface area contributed by atoms with Crippen LogP contribution in [0.3, 0.4) is 0 Å². The Morgan fingerprint density at radius 2 is 2.05 bits per heavy atom. The van der Waals surface area contributed by atoms with Crippen molar-refractivity contribution >= 4 is 44.7 Å². The number of thiocarbonyl (C=S) groups is 1. The number of amides is 1. The van der Waals surface area contributed by atoms with Gasteiger partial charge in [-0.15, -0.1) is 0 Å². The summed E-state index contributed by atoms with van der Waals surface area (Å²) in [6.07, 6.45) is -6.11. The first-order valence-corrected chi connectivity index (χ1v) is 6.35. The van der Waals surface area contributed by atoms with Gasteiger partial charge in [0.05, 0.1) is 12.1 Å².